The average molecular weight is 891 g/mol. The van der Waals surface area contributed by atoms with Crippen LogP contribution in [0.1, 0.15) is 26.3 Å². The Morgan fingerprint density at radius 2 is 1.27 bits per heavy atom. The topological polar surface area (TPSA) is 49.3 Å². The molecular weight excluding hydrogens is 858 g/mol. The number of benzene rings is 6. The van der Waals surface area contributed by atoms with Crippen molar-refractivity contribution in [2.24, 2.45) is 0 Å². The van der Waals surface area contributed by atoms with Crippen LogP contribution in [0.25, 0.3) is 82.4 Å². The van der Waals surface area contributed by atoms with E-state index in [2.05, 4.69) is 168 Å². The Balaban J connectivity index is 0.00000372. The number of hydrogen-bond acceptors (Lipinski definition) is 3. The summed E-state index contributed by atoms with van der Waals surface area (Å²) in [6.45, 7) is 6.67. The second-order valence-corrected chi connectivity index (χ2v) is 15.0. The van der Waals surface area contributed by atoms with E-state index in [0.29, 0.717) is 11.5 Å². The minimum absolute atomic E-state index is 0. The molecule has 0 unspecified atom stereocenters. The number of nitrogens with zero attached hydrogens (tertiary/aromatic N) is 5. The number of pyridine rings is 2. The van der Waals surface area contributed by atoms with Crippen molar-refractivity contribution in [3.63, 3.8) is 0 Å². The predicted octanol–water partition coefficient (Wildman–Crippen LogP) is 11.9. The molecule has 5 aromatic heterocycles. The van der Waals surface area contributed by atoms with Gasteiger partial charge in [0.05, 0.1) is 16.7 Å². The second kappa shape index (κ2) is 12.4. The van der Waals surface area contributed by atoms with Gasteiger partial charge in [-0.05, 0) is 64.2 Å². The number of imidazole rings is 1. The van der Waals surface area contributed by atoms with Crippen LogP contribution in [0.3, 0.4) is 0 Å². The van der Waals surface area contributed by atoms with Crippen molar-refractivity contribution in [3.05, 3.63) is 164 Å². The predicted molar refractivity (Wildman–Crippen MR) is 220 cm³/mol. The third kappa shape index (κ3) is 5.05. The van der Waals surface area contributed by atoms with Crippen LogP contribution in [0, 0.1) is 12.1 Å². The molecule has 0 aliphatic carbocycles. The van der Waals surface area contributed by atoms with Gasteiger partial charge in [-0.15, -0.1) is 29.7 Å². The van der Waals surface area contributed by atoms with Gasteiger partial charge in [-0.25, -0.2) is 4.98 Å². The molecular formula is C48H33N5OPt. The van der Waals surface area contributed by atoms with Gasteiger partial charge in [0.25, 0.3) is 0 Å². The van der Waals surface area contributed by atoms with Crippen LogP contribution in [0.4, 0.5) is 0 Å². The van der Waals surface area contributed by atoms with Gasteiger partial charge in [-0.2, -0.15) is 6.07 Å². The van der Waals surface area contributed by atoms with Crippen molar-refractivity contribution in [1.29, 1.82) is 0 Å². The third-order valence-electron chi connectivity index (χ3n) is 10.8. The monoisotopic (exact) mass is 890 g/mol. The minimum atomic E-state index is -0.0149. The van der Waals surface area contributed by atoms with Crippen LogP contribution in [-0.4, -0.2) is 23.5 Å². The molecule has 0 atom stereocenters. The number of rotatable bonds is 4. The first-order valence-corrected chi connectivity index (χ1v) is 18.2. The molecule has 5 heterocycles. The van der Waals surface area contributed by atoms with Crippen molar-refractivity contribution < 1.29 is 25.8 Å². The molecule has 0 amide bonds. The summed E-state index contributed by atoms with van der Waals surface area (Å²) in [5, 5.41) is 7.72. The molecule has 6 nitrogen and oxygen atoms in total. The zero-order chi connectivity index (χ0) is 36.1. The van der Waals surface area contributed by atoms with Gasteiger partial charge >= 0.3 is 21.1 Å². The van der Waals surface area contributed by atoms with Crippen molar-refractivity contribution in [1.82, 2.24) is 23.5 Å². The fourth-order valence-corrected chi connectivity index (χ4v) is 8.27. The van der Waals surface area contributed by atoms with Gasteiger partial charge in [0.1, 0.15) is 5.82 Å². The molecule has 0 spiro atoms. The Kier molecular flexibility index (Phi) is 7.52. The summed E-state index contributed by atoms with van der Waals surface area (Å²) in [7, 11) is 0. The largest absolute Gasteiger partial charge is 2.00 e. The quantitative estimate of drug-likeness (QED) is 0.131. The van der Waals surface area contributed by atoms with Gasteiger partial charge < -0.3 is 18.3 Å². The molecule has 55 heavy (non-hydrogen) atoms. The fraction of sp³-hybridized carbons (Fsp3) is 0.0833. The number of aromatic nitrogens is 5. The molecule has 0 saturated heterocycles. The van der Waals surface area contributed by atoms with E-state index in [4.69, 9.17) is 14.7 Å². The van der Waals surface area contributed by atoms with E-state index in [0.717, 1.165) is 66.2 Å². The van der Waals surface area contributed by atoms with Gasteiger partial charge in [0.2, 0.25) is 0 Å². The van der Waals surface area contributed by atoms with Crippen LogP contribution < -0.4 is 4.74 Å². The first kappa shape index (κ1) is 33.3. The maximum atomic E-state index is 6.59. The van der Waals surface area contributed by atoms with Gasteiger partial charge in [-0.3, -0.25) is 4.98 Å². The van der Waals surface area contributed by atoms with Crippen molar-refractivity contribution in [2.45, 2.75) is 26.2 Å². The smallest absolute Gasteiger partial charge is 0.503 e. The number of ether oxygens (including phenoxy) is 1. The Labute approximate surface area is 331 Å². The molecule has 11 rings (SSSR count). The Bertz CT molecular complexity index is 3290. The van der Waals surface area contributed by atoms with E-state index >= 15 is 0 Å². The van der Waals surface area contributed by atoms with E-state index in [-0.39, 0.29) is 26.5 Å². The molecule has 7 heteroatoms. The summed E-state index contributed by atoms with van der Waals surface area (Å²) in [5.41, 5.74) is 8.59. The van der Waals surface area contributed by atoms with E-state index in [1.165, 1.54) is 21.9 Å². The van der Waals surface area contributed by atoms with E-state index < -0.39 is 0 Å². The van der Waals surface area contributed by atoms with Gasteiger partial charge in [0.15, 0.2) is 0 Å². The van der Waals surface area contributed by atoms with Crippen LogP contribution >= 0.6 is 0 Å². The van der Waals surface area contributed by atoms with Crippen molar-refractivity contribution in [3.8, 4) is 23.0 Å². The second-order valence-electron chi connectivity index (χ2n) is 15.0. The standard InChI is InChI=1S/C48H33N5O.Pt/c1-48(2,3)30-23-24-49-44(27-30)53-40-15-9-7-13-35(40)36-20-18-33(29-43(36)53)54-32-17-19-34-37-21-22-42-45(46(37)51-26-25-50-47(51)39(34)28-32)38-14-8-10-16-41(38)52(42)31-11-5-4-6-12-31;/h4-27H,1-3H3;/q-2;+2. The summed E-state index contributed by atoms with van der Waals surface area (Å²) < 4.78 is 13.3. The fourth-order valence-electron chi connectivity index (χ4n) is 8.27. The first-order valence-electron chi connectivity index (χ1n) is 18.2. The minimum Gasteiger partial charge on any atom is -0.503 e. The molecule has 0 aliphatic heterocycles. The molecule has 0 fully saturated rings. The zero-order valence-corrected chi connectivity index (χ0v) is 32.6. The molecule has 0 radical (unpaired) electrons. The molecule has 0 N–H and O–H groups in total. The Hall–Kier alpha value is -6.23. The maximum Gasteiger partial charge on any atom is 2.00 e. The average Bonchev–Trinajstić information content (AvgIpc) is 3.91. The number of hydrogen-bond donors (Lipinski definition) is 0. The Morgan fingerprint density at radius 3 is 2.07 bits per heavy atom. The van der Waals surface area contributed by atoms with Crippen molar-refractivity contribution in [2.75, 3.05) is 0 Å². The normalized spacial score (nSPS) is 12.1. The van der Waals surface area contributed by atoms with Gasteiger partial charge in [0, 0.05) is 57.6 Å². The molecule has 266 valence electrons. The van der Waals surface area contributed by atoms with E-state index in [1.807, 2.05) is 24.5 Å². The summed E-state index contributed by atoms with van der Waals surface area (Å²) in [6.07, 6.45) is 5.82. The molecule has 6 aromatic carbocycles. The van der Waals surface area contributed by atoms with E-state index in [1.54, 1.807) is 0 Å². The summed E-state index contributed by atoms with van der Waals surface area (Å²) in [6, 6.07) is 51.9. The van der Waals surface area contributed by atoms with Crippen LogP contribution in [0.5, 0.6) is 11.5 Å². The van der Waals surface area contributed by atoms with Crippen LogP contribution in [0.2, 0.25) is 0 Å². The molecule has 0 aliphatic rings. The van der Waals surface area contributed by atoms with E-state index in [9.17, 15) is 0 Å². The van der Waals surface area contributed by atoms with Gasteiger partial charge in [-0.1, -0.05) is 104 Å². The van der Waals surface area contributed by atoms with Crippen molar-refractivity contribution >= 4 is 70.9 Å². The molecule has 0 bridgehead atoms. The molecule has 11 aromatic rings. The summed E-state index contributed by atoms with van der Waals surface area (Å²) in [4.78, 5) is 9.71. The van der Waals surface area contributed by atoms with Crippen LogP contribution in [0.15, 0.2) is 146 Å². The first-order chi connectivity index (χ1) is 26.4. The summed E-state index contributed by atoms with van der Waals surface area (Å²) >= 11 is 0. The SMILES string of the molecule is CC(C)(C)c1ccnc(-n2c3[c-]c(Oc4[c-]c5c(cc4)c4ccc6c(c7ccccc7n6-c6ccccc6)c4n4ccnc54)ccc3c3ccccc32)c1.[Pt+2]. The Morgan fingerprint density at radius 1 is 0.582 bits per heavy atom. The number of para-hydroxylation sites is 3. The maximum absolute atomic E-state index is 6.59. The zero-order valence-electron chi connectivity index (χ0n) is 30.3. The van der Waals surface area contributed by atoms with Crippen LogP contribution in [-0.2, 0) is 26.5 Å². The molecule has 0 saturated carbocycles. The number of fused-ring (bicyclic) bond motifs is 13. The summed E-state index contributed by atoms with van der Waals surface area (Å²) in [5.74, 6) is 2.05. The third-order valence-corrected chi connectivity index (χ3v) is 10.8.